The molecule has 1 aromatic heterocycles. The van der Waals surface area contributed by atoms with Crippen molar-refractivity contribution in [3.8, 4) is 11.4 Å². The Hall–Kier alpha value is -3.48. The van der Waals surface area contributed by atoms with Gasteiger partial charge in [-0.2, -0.15) is 8.78 Å². The van der Waals surface area contributed by atoms with E-state index in [0.29, 0.717) is 22.5 Å². The van der Waals surface area contributed by atoms with Crippen LogP contribution in [0.25, 0.3) is 5.69 Å². The number of Topliss-reactive ketones (excluding diaryl/α,β-unsaturated/α-hetero) is 1. The second-order valence-corrected chi connectivity index (χ2v) is 7.31. The number of nitrogens with zero attached hydrogens (tertiary/aromatic N) is 1. The molecule has 3 rings (SSSR count). The van der Waals surface area contributed by atoms with Crippen molar-refractivity contribution in [3.05, 3.63) is 82.2 Å². The second kappa shape index (κ2) is 9.12. The van der Waals surface area contributed by atoms with Gasteiger partial charge in [-0.15, -0.1) is 0 Å². The van der Waals surface area contributed by atoms with Crippen molar-refractivity contribution < 1.29 is 27.8 Å². The number of esters is 1. The molecule has 0 amide bonds. The van der Waals surface area contributed by atoms with Crippen LogP contribution in [0.1, 0.15) is 43.2 Å². The molecule has 7 heteroatoms. The lowest BCUT2D eigenvalue weighted by atomic mass is 10.1. The van der Waals surface area contributed by atoms with E-state index in [1.165, 1.54) is 12.1 Å². The number of aromatic nitrogens is 1. The Balaban J connectivity index is 1.75. The number of carbonyl (C=O) groups is 2. The number of ketones is 1. The van der Waals surface area contributed by atoms with Gasteiger partial charge < -0.3 is 14.0 Å². The molecule has 3 aromatic rings. The first-order valence-corrected chi connectivity index (χ1v) is 9.69. The van der Waals surface area contributed by atoms with E-state index in [1.54, 1.807) is 31.2 Å². The van der Waals surface area contributed by atoms with Crippen LogP contribution in [-0.4, -0.2) is 29.5 Å². The van der Waals surface area contributed by atoms with Crippen LogP contribution < -0.4 is 4.74 Å². The Bertz CT molecular complexity index is 1120. The third-order valence-corrected chi connectivity index (χ3v) is 4.99. The lowest BCUT2D eigenvalue weighted by Gasteiger charge is -2.11. The van der Waals surface area contributed by atoms with Crippen LogP contribution in [0.15, 0.2) is 48.5 Å². The summed E-state index contributed by atoms with van der Waals surface area (Å²) in [6, 6.07) is 13.2. The Morgan fingerprint density at radius 3 is 2.23 bits per heavy atom. The summed E-state index contributed by atoms with van der Waals surface area (Å²) in [5.74, 6) is -0.819. The summed E-state index contributed by atoms with van der Waals surface area (Å²) in [6.45, 7) is 4.08. The van der Waals surface area contributed by atoms with Crippen molar-refractivity contribution in [3.63, 3.8) is 0 Å². The van der Waals surface area contributed by atoms with Gasteiger partial charge in [0, 0.05) is 22.6 Å². The predicted molar refractivity (Wildman–Crippen MR) is 112 cm³/mol. The van der Waals surface area contributed by atoms with Crippen LogP contribution in [0.3, 0.4) is 0 Å². The minimum absolute atomic E-state index is 0.0517. The first-order chi connectivity index (χ1) is 14.7. The SMILES string of the molecule is Cc1ccc(C(=O)OCC(=O)c2cc(C)n(-c3ccc(OC(F)F)cc3)c2C)c(C)c1. The average Bonchev–Trinajstić information content (AvgIpc) is 3.00. The molecule has 0 unspecified atom stereocenters. The van der Waals surface area contributed by atoms with E-state index in [-0.39, 0.29) is 18.1 Å². The number of halogens is 2. The van der Waals surface area contributed by atoms with Crippen LogP contribution in [0, 0.1) is 27.7 Å². The summed E-state index contributed by atoms with van der Waals surface area (Å²) in [5, 5.41) is 0. The van der Waals surface area contributed by atoms with E-state index in [1.807, 2.05) is 37.5 Å². The van der Waals surface area contributed by atoms with Gasteiger partial charge >= 0.3 is 12.6 Å². The molecule has 0 aliphatic heterocycles. The van der Waals surface area contributed by atoms with Gasteiger partial charge in [-0.3, -0.25) is 4.79 Å². The normalized spacial score (nSPS) is 10.9. The highest BCUT2D eigenvalue weighted by atomic mass is 19.3. The lowest BCUT2D eigenvalue weighted by Crippen LogP contribution is -2.15. The zero-order valence-corrected chi connectivity index (χ0v) is 17.7. The fraction of sp³-hybridized carbons (Fsp3) is 0.250. The maximum atomic E-state index is 12.7. The quantitative estimate of drug-likeness (QED) is 0.377. The fourth-order valence-electron chi connectivity index (χ4n) is 3.55. The van der Waals surface area contributed by atoms with Gasteiger partial charge in [-0.05, 0) is 69.7 Å². The molecule has 0 spiro atoms. The minimum atomic E-state index is -2.89. The number of hydrogen-bond donors (Lipinski definition) is 0. The van der Waals surface area contributed by atoms with Crippen molar-refractivity contribution >= 4 is 11.8 Å². The van der Waals surface area contributed by atoms with Crippen molar-refractivity contribution in [1.82, 2.24) is 4.57 Å². The van der Waals surface area contributed by atoms with Crippen molar-refractivity contribution in [1.29, 1.82) is 0 Å². The molecule has 0 aliphatic rings. The molecule has 0 saturated carbocycles. The summed E-state index contributed by atoms with van der Waals surface area (Å²) in [7, 11) is 0. The molecule has 5 nitrogen and oxygen atoms in total. The molecule has 0 bridgehead atoms. The molecule has 0 fully saturated rings. The Morgan fingerprint density at radius 2 is 1.61 bits per heavy atom. The average molecular weight is 427 g/mol. The van der Waals surface area contributed by atoms with Crippen molar-refractivity contribution in [2.24, 2.45) is 0 Å². The van der Waals surface area contributed by atoms with Gasteiger partial charge in [0.1, 0.15) is 5.75 Å². The third-order valence-electron chi connectivity index (χ3n) is 4.99. The van der Waals surface area contributed by atoms with Gasteiger partial charge in [0.15, 0.2) is 6.61 Å². The van der Waals surface area contributed by atoms with Crippen molar-refractivity contribution in [2.45, 2.75) is 34.3 Å². The van der Waals surface area contributed by atoms with Crippen molar-refractivity contribution in [2.75, 3.05) is 6.61 Å². The molecule has 0 N–H and O–H groups in total. The number of aryl methyl sites for hydroxylation is 3. The maximum Gasteiger partial charge on any atom is 0.387 e. The van der Waals surface area contributed by atoms with E-state index in [9.17, 15) is 18.4 Å². The Kier molecular flexibility index (Phi) is 6.53. The summed E-state index contributed by atoms with van der Waals surface area (Å²) >= 11 is 0. The third kappa shape index (κ3) is 4.99. The predicted octanol–water partition coefficient (Wildman–Crippen LogP) is 5.35. The number of ether oxygens (including phenoxy) is 2. The molecule has 1 heterocycles. The van der Waals surface area contributed by atoms with Crippen LogP contribution >= 0.6 is 0 Å². The Morgan fingerprint density at radius 1 is 0.935 bits per heavy atom. The first-order valence-electron chi connectivity index (χ1n) is 9.69. The Labute approximate surface area is 179 Å². The van der Waals surface area contributed by atoms with Gasteiger partial charge in [-0.25, -0.2) is 4.79 Å². The summed E-state index contributed by atoms with van der Waals surface area (Å²) in [6.07, 6.45) is 0. The number of carbonyl (C=O) groups excluding carboxylic acids is 2. The van der Waals surface area contributed by atoms with E-state index >= 15 is 0 Å². The van der Waals surface area contributed by atoms with E-state index in [2.05, 4.69) is 4.74 Å². The van der Waals surface area contributed by atoms with Gasteiger partial charge in [-0.1, -0.05) is 17.7 Å². The highest BCUT2D eigenvalue weighted by molar-refractivity contribution is 6.00. The highest BCUT2D eigenvalue weighted by Gasteiger charge is 2.19. The van der Waals surface area contributed by atoms with E-state index in [0.717, 1.165) is 16.8 Å². The zero-order chi connectivity index (χ0) is 22.7. The van der Waals surface area contributed by atoms with Crippen LogP contribution in [0.2, 0.25) is 0 Å². The molecule has 162 valence electrons. The summed E-state index contributed by atoms with van der Waals surface area (Å²) in [5.41, 5.74) is 4.81. The molecular formula is C24H23F2NO4. The molecular weight excluding hydrogens is 404 g/mol. The standard InChI is InChI=1S/C24H23F2NO4/c1-14-5-10-20(15(2)11-14)23(29)30-13-22(28)21-12-16(3)27(17(21)4)18-6-8-19(9-7-18)31-24(25)26/h5-12,24H,13H2,1-4H3. The fourth-order valence-corrected chi connectivity index (χ4v) is 3.55. The van der Waals surface area contributed by atoms with E-state index < -0.39 is 12.6 Å². The topological polar surface area (TPSA) is 57.5 Å². The van der Waals surface area contributed by atoms with Gasteiger partial charge in [0.2, 0.25) is 5.78 Å². The zero-order valence-electron chi connectivity index (χ0n) is 17.7. The summed E-state index contributed by atoms with van der Waals surface area (Å²) < 4.78 is 36.1. The number of rotatable bonds is 7. The molecule has 31 heavy (non-hydrogen) atoms. The number of hydrogen-bond acceptors (Lipinski definition) is 4. The van der Waals surface area contributed by atoms with Crippen LogP contribution in [0.5, 0.6) is 5.75 Å². The van der Waals surface area contributed by atoms with Crippen LogP contribution in [0.4, 0.5) is 8.78 Å². The smallest absolute Gasteiger partial charge is 0.387 e. The lowest BCUT2D eigenvalue weighted by molar-refractivity contribution is -0.0498. The van der Waals surface area contributed by atoms with Crippen LogP contribution in [-0.2, 0) is 4.74 Å². The molecule has 0 saturated heterocycles. The molecule has 0 atom stereocenters. The number of alkyl halides is 2. The van der Waals surface area contributed by atoms with Gasteiger partial charge in [0.25, 0.3) is 0 Å². The largest absolute Gasteiger partial charge is 0.454 e. The number of benzene rings is 2. The van der Waals surface area contributed by atoms with Gasteiger partial charge in [0.05, 0.1) is 5.56 Å². The highest BCUT2D eigenvalue weighted by Crippen LogP contribution is 2.24. The minimum Gasteiger partial charge on any atom is -0.454 e. The second-order valence-electron chi connectivity index (χ2n) is 7.31. The summed E-state index contributed by atoms with van der Waals surface area (Å²) in [4.78, 5) is 25.1. The maximum absolute atomic E-state index is 12.7. The molecule has 0 radical (unpaired) electrons. The molecule has 2 aromatic carbocycles. The monoisotopic (exact) mass is 427 g/mol. The molecule has 0 aliphatic carbocycles. The first kappa shape index (κ1) is 22.2. The van der Waals surface area contributed by atoms with E-state index in [4.69, 9.17) is 4.74 Å².